The fourth-order valence-corrected chi connectivity index (χ4v) is 4.06. The lowest BCUT2D eigenvalue weighted by atomic mass is 10.2. The third-order valence-corrected chi connectivity index (χ3v) is 5.57. The van der Waals surface area contributed by atoms with Crippen LogP contribution >= 0.6 is 11.3 Å². The van der Waals surface area contributed by atoms with Crippen LogP contribution in [0.25, 0.3) is 10.8 Å². The Hall–Kier alpha value is -2.19. The van der Waals surface area contributed by atoms with Gasteiger partial charge in [0.15, 0.2) is 10.8 Å². The molecule has 0 unspecified atom stereocenters. The van der Waals surface area contributed by atoms with Crippen molar-refractivity contribution in [1.29, 1.82) is 0 Å². The molecule has 0 radical (unpaired) electrons. The van der Waals surface area contributed by atoms with Gasteiger partial charge in [-0.15, -0.1) is 11.3 Å². The number of thiazole rings is 1. The third kappa shape index (κ3) is 3.66. The molecule has 0 aliphatic carbocycles. The van der Waals surface area contributed by atoms with Crippen molar-refractivity contribution in [3.63, 3.8) is 0 Å². The largest absolute Gasteiger partial charge is 0.459 e. The number of furan rings is 1. The van der Waals surface area contributed by atoms with E-state index in [4.69, 9.17) is 4.42 Å². The van der Waals surface area contributed by atoms with Crippen molar-refractivity contribution in [1.82, 2.24) is 24.6 Å². The minimum Gasteiger partial charge on any atom is -0.459 e. The smallest absolute Gasteiger partial charge is 0.345 e. The zero-order valence-corrected chi connectivity index (χ0v) is 15.7. The van der Waals surface area contributed by atoms with Gasteiger partial charge in [-0.25, -0.2) is 14.5 Å². The lowest BCUT2D eigenvalue weighted by molar-refractivity contribution is 0.506. The summed E-state index contributed by atoms with van der Waals surface area (Å²) in [5.74, 6) is 2.66. The standard InChI is InChI=1S/C18H23N5O2S/c1-13-6-7-15(25-13)17-20-12-14(26-17)11-19-8-4-10-23-18(24)22-9-3-2-5-16(22)21-23/h6-7,12,19H,2-5,8-11H2,1H3. The van der Waals surface area contributed by atoms with Gasteiger partial charge >= 0.3 is 5.69 Å². The first-order chi connectivity index (χ1) is 12.7. The third-order valence-electron chi connectivity index (χ3n) is 4.56. The fraction of sp³-hybridized carbons (Fsp3) is 0.500. The molecule has 0 saturated carbocycles. The Morgan fingerprint density at radius 3 is 3.08 bits per heavy atom. The maximum atomic E-state index is 12.3. The van der Waals surface area contributed by atoms with Crippen LogP contribution in [0.2, 0.25) is 0 Å². The van der Waals surface area contributed by atoms with Crippen molar-refractivity contribution in [3.8, 4) is 10.8 Å². The molecule has 1 N–H and O–H groups in total. The van der Waals surface area contributed by atoms with Gasteiger partial charge in [-0.3, -0.25) is 4.57 Å². The molecular weight excluding hydrogens is 350 g/mol. The van der Waals surface area contributed by atoms with E-state index >= 15 is 0 Å². The molecule has 138 valence electrons. The average molecular weight is 373 g/mol. The van der Waals surface area contributed by atoms with Crippen molar-refractivity contribution in [3.05, 3.63) is 45.3 Å². The van der Waals surface area contributed by atoms with Gasteiger partial charge in [0.25, 0.3) is 0 Å². The van der Waals surface area contributed by atoms with E-state index < -0.39 is 0 Å². The highest BCUT2D eigenvalue weighted by Crippen LogP contribution is 2.26. The molecule has 3 aromatic heterocycles. The van der Waals surface area contributed by atoms with Crippen molar-refractivity contribution >= 4 is 11.3 Å². The van der Waals surface area contributed by atoms with Crippen LogP contribution in [0.5, 0.6) is 0 Å². The van der Waals surface area contributed by atoms with Gasteiger partial charge in [0.1, 0.15) is 11.6 Å². The van der Waals surface area contributed by atoms with Crippen LogP contribution in [0, 0.1) is 6.92 Å². The number of fused-ring (bicyclic) bond motifs is 1. The van der Waals surface area contributed by atoms with Crippen molar-refractivity contribution in [2.75, 3.05) is 6.54 Å². The number of nitrogens with zero attached hydrogens (tertiary/aromatic N) is 4. The molecule has 26 heavy (non-hydrogen) atoms. The van der Waals surface area contributed by atoms with Gasteiger partial charge in [0.05, 0.1) is 0 Å². The summed E-state index contributed by atoms with van der Waals surface area (Å²) in [4.78, 5) is 17.9. The number of hydrogen-bond donors (Lipinski definition) is 1. The predicted molar refractivity (Wildman–Crippen MR) is 100 cm³/mol. The Balaban J connectivity index is 1.24. The van der Waals surface area contributed by atoms with E-state index in [2.05, 4.69) is 15.4 Å². The normalized spacial score (nSPS) is 13.9. The van der Waals surface area contributed by atoms with Crippen LogP contribution in [-0.2, 0) is 26.1 Å². The monoisotopic (exact) mass is 373 g/mol. The Kier molecular flexibility index (Phi) is 5.03. The molecule has 7 nitrogen and oxygen atoms in total. The van der Waals surface area contributed by atoms with Crippen molar-refractivity contribution in [2.45, 2.75) is 52.2 Å². The van der Waals surface area contributed by atoms with Gasteiger partial charge in [-0.2, -0.15) is 5.10 Å². The van der Waals surface area contributed by atoms with Crippen molar-refractivity contribution < 1.29 is 4.42 Å². The SMILES string of the molecule is Cc1ccc(-c2ncc(CNCCCn3nc4n(c3=O)CCCC4)s2)o1. The minimum atomic E-state index is 0.0422. The molecule has 0 spiro atoms. The summed E-state index contributed by atoms with van der Waals surface area (Å²) in [7, 11) is 0. The maximum Gasteiger partial charge on any atom is 0.345 e. The molecule has 0 fully saturated rings. The summed E-state index contributed by atoms with van der Waals surface area (Å²) in [5, 5.41) is 8.79. The summed E-state index contributed by atoms with van der Waals surface area (Å²) in [5.41, 5.74) is 0.0422. The summed E-state index contributed by atoms with van der Waals surface area (Å²) < 4.78 is 9.05. The van der Waals surface area contributed by atoms with Crippen LogP contribution < -0.4 is 11.0 Å². The highest BCUT2D eigenvalue weighted by Gasteiger charge is 2.16. The molecular formula is C18H23N5O2S. The Morgan fingerprint density at radius 2 is 2.27 bits per heavy atom. The van der Waals surface area contributed by atoms with Crippen molar-refractivity contribution in [2.24, 2.45) is 0 Å². The van der Waals surface area contributed by atoms with Crippen LogP contribution in [0.3, 0.4) is 0 Å². The highest BCUT2D eigenvalue weighted by atomic mass is 32.1. The molecule has 0 amide bonds. The first-order valence-electron chi connectivity index (χ1n) is 9.09. The second-order valence-corrected chi connectivity index (χ2v) is 7.72. The molecule has 0 atom stereocenters. The lowest BCUT2D eigenvalue weighted by Crippen LogP contribution is -2.28. The van der Waals surface area contributed by atoms with Crippen LogP contribution in [0.4, 0.5) is 0 Å². The number of aryl methyl sites for hydroxylation is 3. The van der Waals surface area contributed by atoms with E-state index in [1.54, 1.807) is 16.0 Å². The second-order valence-electron chi connectivity index (χ2n) is 6.60. The van der Waals surface area contributed by atoms with E-state index in [1.807, 2.05) is 29.8 Å². The van der Waals surface area contributed by atoms with Gasteiger partial charge in [-0.05, 0) is 44.9 Å². The number of aromatic nitrogens is 4. The van der Waals surface area contributed by atoms with E-state index in [0.717, 1.165) is 67.7 Å². The predicted octanol–water partition coefficient (Wildman–Crippen LogP) is 2.59. The Morgan fingerprint density at radius 1 is 1.35 bits per heavy atom. The van der Waals surface area contributed by atoms with Crippen LogP contribution in [0.1, 0.15) is 35.7 Å². The minimum absolute atomic E-state index is 0.0422. The highest BCUT2D eigenvalue weighted by molar-refractivity contribution is 7.14. The first-order valence-corrected chi connectivity index (χ1v) is 9.91. The number of rotatable bonds is 7. The zero-order chi connectivity index (χ0) is 17.9. The zero-order valence-electron chi connectivity index (χ0n) is 14.9. The maximum absolute atomic E-state index is 12.3. The second kappa shape index (κ2) is 7.59. The molecule has 8 heteroatoms. The molecule has 1 aliphatic rings. The van der Waals surface area contributed by atoms with E-state index in [1.165, 1.54) is 4.88 Å². The van der Waals surface area contributed by atoms with Crippen LogP contribution in [0.15, 0.2) is 27.5 Å². The molecule has 4 heterocycles. The fourth-order valence-electron chi connectivity index (χ4n) is 3.21. The average Bonchev–Trinajstić information content (AvgIpc) is 3.35. The van der Waals surface area contributed by atoms with E-state index in [0.29, 0.717) is 6.54 Å². The Bertz CT molecular complexity index is 936. The molecule has 4 rings (SSSR count). The van der Waals surface area contributed by atoms with E-state index in [9.17, 15) is 4.79 Å². The van der Waals surface area contributed by atoms with Gasteiger partial charge in [0, 0.05) is 37.1 Å². The summed E-state index contributed by atoms with van der Waals surface area (Å²) in [6, 6.07) is 3.90. The van der Waals surface area contributed by atoms with Gasteiger partial charge in [0.2, 0.25) is 0 Å². The summed E-state index contributed by atoms with van der Waals surface area (Å²) in [6.07, 6.45) is 5.89. The molecule has 0 aromatic carbocycles. The number of hydrogen-bond acceptors (Lipinski definition) is 6. The topological polar surface area (TPSA) is 77.9 Å². The Labute approximate surface area is 155 Å². The quantitative estimate of drug-likeness (QED) is 0.644. The summed E-state index contributed by atoms with van der Waals surface area (Å²) in [6.45, 7) is 5.01. The van der Waals surface area contributed by atoms with E-state index in [-0.39, 0.29) is 5.69 Å². The summed E-state index contributed by atoms with van der Waals surface area (Å²) >= 11 is 1.64. The molecule has 3 aromatic rings. The van der Waals surface area contributed by atoms with Gasteiger partial charge < -0.3 is 9.73 Å². The molecule has 0 bridgehead atoms. The molecule has 1 aliphatic heterocycles. The van der Waals surface area contributed by atoms with Crippen LogP contribution in [-0.4, -0.2) is 25.9 Å². The lowest BCUT2D eigenvalue weighted by Gasteiger charge is -2.09. The first kappa shape index (κ1) is 17.2. The number of nitrogens with one attached hydrogen (secondary N) is 1. The van der Waals surface area contributed by atoms with Gasteiger partial charge in [-0.1, -0.05) is 0 Å². The molecule has 0 saturated heterocycles.